The number of hydrogen-bond donors (Lipinski definition) is 2. The van der Waals surface area contributed by atoms with Crippen LogP contribution in [0.1, 0.15) is 18.4 Å². The zero-order valence-electron chi connectivity index (χ0n) is 11.5. The van der Waals surface area contributed by atoms with Gasteiger partial charge in [-0.1, -0.05) is 18.2 Å². The zero-order chi connectivity index (χ0) is 13.2. The maximum Gasteiger partial charge on any atom is 0.188 e. The lowest BCUT2D eigenvalue weighted by Crippen LogP contribution is -2.36. The topological polar surface area (TPSA) is 53.6 Å². The third kappa shape index (κ3) is 3.00. The molecule has 0 amide bonds. The van der Waals surface area contributed by atoms with Crippen molar-refractivity contribution in [2.24, 2.45) is 16.6 Å². The highest BCUT2D eigenvalue weighted by Gasteiger charge is 2.23. The predicted molar refractivity (Wildman–Crippen MR) is 79.6 cm³/mol. The molecule has 3 N–H and O–H groups in total. The van der Waals surface area contributed by atoms with Gasteiger partial charge in [0.05, 0.1) is 0 Å². The van der Waals surface area contributed by atoms with Crippen LogP contribution in [0, 0.1) is 5.92 Å². The van der Waals surface area contributed by atoms with Gasteiger partial charge in [0.15, 0.2) is 5.96 Å². The van der Waals surface area contributed by atoms with Crippen LogP contribution in [-0.4, -0.2) is 32.1 Å². The molecule has 0 radical (unpaired) electrons. The number of anilines is 1. The molecule has 2 aliphatic rings. The van der Waals surface area contributed by atoms with Gasteiger partial charge in [-0.2, -0.15) is 0 Å². The molecule has 1 saturated carbocycles. The van der Waals surface area contributed by atoms with E-state index in [1.54, 1.807) is 0 Å². The number of nitrogens with zero attached hydrogens (tertiary/aromatic N) is 2. The molecule has 0 saturated heterocycles. The summed E-state index contributed by atoms with van der Waals surface area (Å²) in [6, 6.07) is 9.20. The van der Waals surface area contributed by atoms with Crippen LogP contribution in [0.4, 0.5) is 5.69 Å². The van der Waals surface area contributed by atoms with Crippen LogP contribution in [-0.2, 0) is 6.42 Å². The van der Waals surface area contributed by atoms with E-state index < -0.39 is 0 Å². The van der Waals surface area contributed by atoms with Gasteiger partial charge in [0.1, 0.15) is 0 Å². The van der Waals surface area contributed by atoms with Crippen LogP contribution in [0.25, 0.3) is 0 Å². The molecule has 0 spiro atoms. The van der Waals surface area contributed by atoms with Crippen molar-refractivity contribution >= 4 is 11.6 Å². The van der Waals surface area contributed by atoms with Crippen molar-refractivity contribution in [3.63, 3.8) is 0 Å². The molecular formula is C15H22N4. The molecular weight excluding hydrogens is 236 g/mol. The minimum Gasteiger partial charge on any atom is -0.374 e. The highest BCUT2D eigenvalue weighted by atomic mass is 15.1. The van der Waals surface area contributed by atoms with E-state index in [4.69, 9.17) is 5.73 Å². The summed E-state index contributed by atoms with van der Waals surface area (Å²) in [5.74, 6) is 1.17. The summed E-state index contributed by atoms with van der Waals surface area (Å²) in [7, 11) is 2.15. The fraction of sp³-hybridized carbons (Fsp3) is 0.533. The number of hydrogen-bond acceptors (Lipinski definition) is 2. The average Bonchev–Trinajstić information content (AvgIpc) is 3.20. The standard InChI is InChI=1S/C15H22N4/c1-19-10-11(8-12-4-2-3-5-14(12)19)9-17-15(16)18-13-6-7-13/h2-5,11,13H,6-10H2,1H3,(H3,16,17,18). The smallest absolute Gasteiger partial charge is 0.188 e. The van der Waals surface area contributed by atoms with Crippen molar-refractivity contribution < 1.29 is 0 Å². The zero-order valence-corrected chi connectivity index (χ0v) is 11.5. The molecule has 0 aromatic heterocycles. The van der Waals surface area contributed by atoms with Gasteiger partial charge in [-0.05, 0) is 30.9 Å². The van der Waals surface area contributed by atoms with Crippen molar-refractivity contribution in [2.45, 2.75) is 25.3 Å². The Hall–Kier alpha value is -1.71. The van der Waals surface area contributed by atoms with E-state index in [0.29, 0.717) is 17.9 Å². The van der Waals surface area contributed by atoms with Gasteiger partial charge in [0.25, 0.3) is 0 Å². The SMILES string of the molecule is CN1CC(CN=C(N)NC2CC2)Cc2ccccc21. The molecule has 102 valence electrons. The monoisotopic (exact) mass is 258 g/mol. The molecule has 3 rings (SSSR count). The minimum absolute atomic E-state index is 0.555. The van der Waals surface area contributed by atoms with Gasteiger partial charge in [-0.15, -0.1) is 0 Å². The summed E-state index contributed by atoms with van der Waals surface area (Å²) in [5, 5.41) is 3.24. The van der Waals surface area contributed by atoms with Crippen molar-refractivity contribution in [2.75, 3.05) is 25.0 Å². The lowest BCUT2D eigenvalue weighted by molar-refractivity contribution is 0.514. The fourth-order valence-electron chi connectivity index (χ4n) is 2.75. The van der Waals surface area contributed by atoms with Crippen LogP contribution in [0.2, 0.25) is 0 Å². The molecule has 1 unspecified atom stereocenters. The van der Waals surface area contributed by atoms with Crippen LogP contribution in [0.5, 0.6) is 0 Å². The lowest BCUT2D eigenvalue weighted by atomic mass is 9.93. The molecule has 1 aromatic carbocycles. The van der Waals surface area contributed by atoms with Gasteiger partial charge in [-0.25, -0.2) is 0 Å². The largest absolute Gasteiger partial charge is 0.374 e. The van der Waals surface area contributed by atoms with Crippen molar-refractivity contribution in [3.05, 3.63) is 29.8 Å². The van der Waals surface area contributed by atoms with E-state index >= 15 is 0 Å². The number of fused-ring (bicyclic) bond motifs is 1. The van der Waals surface area contributed by atoms with Crippen LogP contribution < -0.4 is 16.0 Å². The highest BCUT2D eigenvalue weighted by Crippen LogP contribution is 2.28. The maximum atomic E-state index is 5.89. The molecule has 4 heteroatoms. The normalized spacial score (nSPS) is 23.1. The van der Waals surface area contributed by atoms with Crippen molar-refractivity contribution in [1.82, 2.24) is 5.32 Å². The Kier molecular flexibility index (Phi) is 3.32. The average molecular weight is 258 g/mol. The van der Waals surface area contributed by atoms with E-state index in [2.05, 4.69) is 46.5 Å². The first-order chi connectivity index (χ1) is 9.22. The van der Waals surface area contributed by atoms with E-state index in [0.717, 1.165) is 19.5 Å². The molecule has 1 aliphatic heterocycles. The van der Waals surface area contributed by atoms with Gasteiger partial charge in [-0.3, -0.25) is 4.99 Å². The number of nitrogens with two attached hydrogens (primary N) is 1. The first-order valence-corrected chi connectivity index (χ1v) is 7.08. The number of guanidine groups is 1. The van der Waals surface area contributed by atoms with Crippen LogP contribution >= 0.6 is 0 Å². The number of nitrogens with one attached hydrogen (secondary N) is 1. The Labute approximate surface area is 114 Å². The second-order valence-electron chi connectivity index (χ2n) is 5.72. The Morgan fingerprint density at radius 3 is 3.00 bits per heavy atom. The highest BCUT2D eigenvalue weighted by molar-refractivity contribution is 5.78. The van der Waals surface area contributed by atoms with Crippen LogP contribution in [0.15, 0.2) is 29.3 Å². The Morgan fingerprint density at radius 1 is 1.42 bits per heavy atom. The number of aliphatic imine (C=N–C) groups is 1. The van der Waals surface area contributed by atoms with Crippen LogP contribution in [0.3, 0.4) is 0 Å². The quantitative estimate of drug-likeness (QED) is 0.636. The molecule has 4 nitrogen and oxygen atoms in total. The molecule has 1 atom stereocenters. The summed E-state index contributed by atoms with van der Waals surface area (Å²) in [6.07, 6.45) is 3.56. The summed E-state index contributed by atoms with van der Waals surface area (Å²) in [6.45, 7) is 1.86. The first kappa shape index (κ1) is 12.3. The third-order valence-electron chi connectivity index (χ3n) is 3.89. The van der Waals surface area contributed by atoms with E-state index in [1.807, 2.05) is 0 Å². The Bertz CT molecular complexity index is 479. The Morgan fingerprint density at radius 2 is 2.21 bits per heavy atom. The maximum absolute atomic E-state index is 5.89. The van der Waals surface area contributed by atoms with E-state index in [9.17, 15) is 0 Å². The summed E-state index contributed by atoms with van der Waals surface area (Å²) in [5.41, 5.74) is 8.66. The van der Waals surface area contributed by atoms with Gasteiger partial charge < -0.3 is 16.0 Å². The van der Waals surface area contributed by atoms with Gasteiger partial charge in [0, 0.05) is 37.8 Å². The summed E-state index contributed by atoms with van der Waals surface area (Å²) in [4.78, 5) is 6.81. The molecule has 0 bridgehead atoms. The molecule has 1 fully saturated rings. The number of benzene rings is 1. The lowest BCUT2D eigenvalue weighted by Gasteiger charge is -2.32. The van der Waals surface area contributed by atoms with Gasteiger partial charge in [0.2, 0.25) is 0 Å². The molecule has 1 heterocycles. The number of rotatable bonds is 3. The van der Waals surface area contributed by atoms with E-state index in [-0.39, 0.29) is 0 Å². The fourth-order valence-corrected chi connectivity index (χ4v) is 2.75. The molecule has 1 aromatic rings. The predicted octanol–water partition coefficient (Wildman–Crippen LogP) is 1.36. The first-order valence-electron chi connectivity index (χ1n) is 7.08. The Balaban J connectivity index is 1.61. The van der Waals surface area contributed by atoms with Gasteiger partial charge >= 0.3 is 0 Å². The summed E-state index contributed by atoms with van der Waals surface area (Å²) < 4.78 is 0. The number of para-hydroxylation sites is 1. The van der Waals surface area contributed by atoms with Crippen molar-refractivity contribution in [3.8, 4) is 0 Å². The van der Waals surface area contributed by atoms with Crippen molar-refractivity contribution in [1.29, 1.82) is 0 Å². The molecule has 19 heavy (non-hydrogen) atoms. The second kappa shape index (κ2) is 5.11. The molecule has 1 aliphatic carbocycles. The minimum atomic E-state index is 0.555. The van der Waals surface area contributed by atoms with E-state index in [1.165, 1.54) is 24.1 Å². The second-order valence-corrected chi connectivity index (χ2v) is 5.72. The summed E-state index contributed by atoms with van der Waals surface area (Å²) >= 11 is 0. The third-order valence-corrected chi connectivity index (χ3v) is 3.89.